The molecule has 0 bridgehead atoms. The van der Waals surface area contributed by atoms with Gasteiger partial charge in [-0.3, -0.25) is 4.79 Å². The number of anilines is 2. The zero-order chi connectivity index (χ0) is 14.0. The number of amides is 1. The lowest BCUT2D eigenvalue weighted by atomic mass is 9.98. The third-order valence-corrected chi connectivity index (χ3v) is 4.39. The number of rotatable bonds is 3. The molecule has 0 spiro atoms. The van der Waals surface area contributed by atoms with Gasteiger partial charge >= 0.3 is 0 Å². The molecule has 0 atom stereocenters. The van der Waals surface area contributed by atoms with Crippen molar-refractivity contribution in [2.24, 2.45) is 5.73 Å². The van der Waals surface area contributed by atoms with Gasteiger partial charge in [0.25, 0.3) is 0 Å². The topological polar surface area (TPSA) is 71.2 Å². The maximum Gasteiger partial charge on any atom is 0.244 e. The van der Waals surface area contributed by atoms with Crippen LogP contribution in [0.25, 0.3) is 0 Å². The lowest BCUT2D eigenvalue weighted by Crippen LogP contribution is -2.48. The van der Waals surface area contributed by atoms with Gasteiger partial charge < -0.3 is 16.0 Å². The molecule has 3 N–H and O–H groups in total. The predicted octanol–water partition coefficient (Wildman–Crippen LogP) is 1.89. The van der Waals surface area contributed by atoms with Crippen molar-refractivity contribution in [3.63, 3.8) is 0 Å². The minimum Gasteiger partial charge on any atom is -0.355 e. The molecule has 5 heteroatoms. The molecule has 2 heterocycles. The SMILES string of the molecule is NC1(C(=O)Nc2cccnc2N2CCCC2)CCCC1. The lowest BCUT2D eigenvalue weighted by molar-refractivity contribution is -0.121. The van der Waals surface area contributed by atoms with Crippen molar-refractivity contribution in [2.45, 2.75) is 44.1 Å². The van der Waals surface area contributed by atoms with Gasteiger partial charge in [-0.2, -0.15) is 0 Å². The average molecular weight is 274 g/mol. The van der Waals surface area contributed by atoms with Gasteiger partial charge in [-0.05, 0) is 37.8 Å². The zero-order valence-corrected chi connectivity index (χ0v) is 11.8. The molecular weight excluding hydrogens is 252 g/mol. The second kappa shape index (κ2) is 5.40. The number of carbonyl (C=O) groups is 1. The molecule has 108 valence electrons. The summed E-state index contributed by atoms with van der Waals surface area (Å²) in [5.41, 5.74) is 6.30. The molecule has 1 aliphatic heterocycles. The summed E-state index contributed by atoms with van der Waals surface area (Å²) >= 11 is 0. The minimum absolute atomic E-state index is 0.0663. The Morgan fingerprint density at radius 1 is 1.25 bits per heavy atom. The Bertz CT molecular complexity index is 490. The first-order valence-electron chi connectivity index (χ1n) is 7.49. The molecule has 0 unspecified atom stereocenters. The van der Waals surface area contributed by atoms with Crippen molar-refractivity contribution >= 4 is 17.4 Å². The second-order valence-corrected chi connectivity index (χ2v) is 5.89. The molecule has 0 radical (unpaired) electrons. The highest BCUT2D eigenvalue weighted by atomic mass is 16.2. The number of nitrogens with zero attached hydrogens (tertiary/aromatic N) is 2. The molecule has 1 saturated heterocycles. The van der Waals surface area contributed by atoms with Crippen LogP contribution in [-0.2, 0) is 4.79 Å². The maximum absolute atomic E-state index is 12.4. The lowest BCUT2D eigenvalue weighted by Gasteiger charge is -2.25. The number of pyridine rings is 1. The zero-order valence-electron chi connectivity index (χ0n) is 11.8. The second-order valence-electron chi connectivity index (χ2n) is 5.89. The fraction of sp³-hybridized carbons (Fsp3) is 0.600. The van der Waals surface area contributed by atoms with Crippen LogP contribution in [0.1, 0.15) is 38.5 Å². The van der Waals surface area contributed by atoms with Crippen molar-refractivity contribution in [3.8, 4) is 0 Å². The first-order valence-corrected chi connectivity index (χ1v) is 7.49. The van der Waals surface area contributed by atoms with E-state index in [9.17, 15) is 4.79 Å². The minimum atomic E-state index is -0.696. The number of carbonyl (C=O) groups excluding carboxylic acids is 1. The van der Waals surface area contributed by atoms with Gasteiger partial charge in [0.2, 0.25) is 5.91 Å². The summed E-state index contributed by atoms with van der Waals surface area (Å²) in [6, 6.07) is 3.77. The van der Waals surface area contributed by atoms with E-state index >= 15 is 0 Å². The number of aromatic nitrogens is 1. The fourth-order valence-corrected chi connectivity index (χ4v) is 3.16. The highest BCUT2D eigenvalue weighted by Crippen LogP contribution is 2.31. The average Bonchev–Trinajstić information content (AvgIpc) is 3.11. The summed E-state index contributed by atoms with van der Waals surface area (Å²) in [4.78, 5) is 19.1. The van der Waals surface area contributed by atoms with Gasteiger partial charge in [0.05, 0.1) is 11.2 Å². The van der Waals surface area contributed by atoms with Crippen molar-refractivity contribution in [1.29, 1.82) is 0 Å². The van der Waals surface area contributed by atoms with E-state index in [1.807, 2.05) is 12.1 Å². The molecule has 0 aromatic carbocycles. The Labute approximate surface area is 119 Å². The summed E-state index contributed by atoms with van der Waals surface area (Å²) < 4.78 is 0. The van der Waals surface area contributed by atoms with Crippen LogP contribution in [0.2, 0.25) is 0 Å². The summed E-state index contributed by atoms with van der Waals surface area (Å²) in [5, 5.41) is 3.00. The van der Waals surface area contributed by atoms with E-state index in [2.05, 4.69) is 15.2 Å². The maximum atomic E-state index is 12.4. The molecule has 3 rings (SSSR count). The molecule has 20 heavy (non-hydrogen) atoms. The van der Waals surface area contributed by atoms with E-state index < -0.39 is 5.54 Å². The van der Waals surface area contributed by atoms with Crippen LogP contribution in [0.3, 0.4) is 0 Å². The summed E-state index contributed by atoms with van der Waals surface area (Å²) in [6.45, 7) is 2.02. The van der Waals surface area contributed by atoms with Crippen LogP contribution in [0.15, 0.2) is 18.3 Å². The van der Waals surface area contributed by atoms with Crippen LogP contribution in [-0.4, -0.2) is 29.5 Å². The third-order valence-electron chi connectivity index (χ3n) is 4.39. The molecule has 1 aliphatic carbocycles. The van der Waals surface area contributed by atoms with E-state index in [0.717, 1.165) is 50.3 Å². The van der Waals surface area contributed by atoms with Crippen molar-refractivity contribution in [1.82, 2.24) is 4.98 Å². The van der Waals surface area contributed by atoms with E-state index in [0.29, 0.717) is 0 Å². The summed E-state index contributed by atoms with van der Waals surface area (Å²) in [7, 11) is 0. The molecule has 1 aromatic rings. The largest absolute Gasteiger partial charge is 0.355 e. The van der Waals surface area contributed by atoms with Gasteiger partial charge in [-0.25, -0.2) is 4.98 Å². The quantitative estimate of drug-likeness (QED) is 0.883. The summed E-state index contributed by atoms with van der Waals surface area (Å²) in [6.07, 6.45) is 7.77. The van der Waals surface area contributed by atoms with Gasteiger partial charge in [0.1, 0.15) is 0 Å². The van der Waals surface area contributed by atoms with Crippen LogP contribution < -0.4 is 16.0 Å². The summed E-state index contributed by atoms with van der Waals surface area (Å²) in [5.74, 6) is 0.809. The monoisotopic (exact) mass is 274 g/mol. The van der Waals surface area contributed by atoms with E-state index in [1.54, 1.807) is 6.20 Å². The highest BCUT2D eigenvalue weighted by molar-refractivity contribution is 6.00. The Hall–Kier alpha value is -1.62. The molecule has 2 fully saturated rings. The van der Waals surface area contributed by atoms with Crippen LogP contribution >= 0.6 is 0 Å². The van der Waals surface area contributed by atoms with Crippen LogP contribution in [0.4, 0.5) is 11.5 Å². The molecule has 1 amide bonds. The molecule has 1 aromatic heterocycles. The number of hydrogen-bond donors (Lipinski definition) is 2. The Morgan fingerprint density at radius 2 is 1.95 bits per heavy atom. The van der Waals surface area contributed by atoms with Gasteiger partial charge in [0.15, 0.2) is 5.82 Å². The van der Waals surface area contributed by atoms with E-state index in [1.165, 1.54) is 12.8 Å². The van der Waals surface area contributed by atoms with Crippen molar-refractivity contribution < 1.29 is 4.79 Å². The van der Waals surface area contributed by atoms with Gasteiger partial charge in [0, 0.05) is 19.3 Å². The Balaban J connectivity index is 1.78. The van der Waals surface area contributed by atoms with Crippen molar-refractivity contribution in [2.75, 3.05) is 23.3 Å². The molecular formula is C15H22N4O. The van der Waals surface area contributed by atoms with E-state index in [-0.39, 0.29) is 5.91 Å². The Morgan fingerprint density at radius 3 is 2.65 bits per heavy atom. The highest BCUT2D eigenvalue weighted by Gasteiger charge is 2.37. The molecule has 5 nitrogen and oxygen atoms in total. The first kappa shape index (κ1) is 13.4. The normalized spacial score (nSPS) is 21.1. The fourth-order valence-electron chi connectivity index (χ4n) is 3.16. The van der Waals surface area contributed by atoms with Crippen molar-refractivity contribution in [3.05, 3.63) is 18.3 Å². The number of nitrogens with two attached hydrogens (primary N) is 1. The Kier molecular flexibility index (Phi) is 3.61. The number of hydrogen-bond acceptors (Lipinski definition) is 4. The van der Waals surface area contributed by atoms with Crippen LogP contribution in [0, 0.1) is 0 Å². The predicted molar refractivity (Wildman–Crippen MR) is 79.7 cm³/mol. The smallest absolute Gasteiger partial charge is 0.244 e. The van der Waals surface area contributed by atoms with Gasteiger partial charge in [-0.1, -0.05) is 12.8 Å². The standard InChI is InChI=1S/C15H22N4O/c16-15(7-1-2-8-15)14(20)18-12-6-5-9-17-13(12)19-10-3-4-11-19/h5-6,9H,1-4,7-8,10-11,16H2,(H,18,20). The molecule has 1 saturated carbocycles. The van der Waals surface area contributed by atoms with Crippen LogP contribution in [0.5, 0.6) is 0 Å². The molecule has 2 aliphatic rings. The first-order chi connectivity index (χ1) is 9.69. The third kappa shape index (κ3) is 2.50. The number of nitrogens with one attached hydrogen (secondary N) is 1. The van der Waals surface area contributed by atoms with E-state index in [4.69, 9.17) is 5.73 Å². The van der Waals surface area contributed by atoms with Gasteiger partial charge in [-0.15, -0.1) is 0 Å².